The minimum atomic E-state index is -0.675. The first-order chi connectivity index (χ1) is 10.1. The Kier molecular flexibility index (Phi) is 5.58. The first-order valence-corrected chi connectivity index (χ1v) is 7.49. The molecule has 0 saturated carbocycles. The van der Waals surface area contributed by atoms with Crippen molar-refractivity contribution in [2.45, 2.75) is 31.9 Å². The molecule has 0 radical (unpaired) electrons. The smallest absolute Gasteiger partial charge is 0.125 e. The predicted octanol–water partition coefficient (Wildman–Crippen LogP) is 0.891. The third kappa shape index (κ3) is 3.55. The number of nitrogens with zero attached hydrogens (tertiary/aromatic N) is 1. The Labute approximate surface area is 125 Å². The van der Waals surface area contributed by atoms with Crippen LogP contribution in [-0.2, 0) is 0 Å². The number of rotatable bonds is 6. The molecule has 1 aromatic carbocycles. The van der Waals surface area contributed by atoms with Gasteiger partial charge in [-0.2, -0.15) is 0 Å². The molecule has 2 atom stereocenters. The van der Waals surface area contributed by atoms with E-state index in [4.69, 9.17) is 14.9 Å². The van der Waals surface area contributed by atoms with Crippen LogP contribution in [-0.4, -0.2) is 59.2 Å². The lowest BCUT2D eigenvalue weighted by Gasteiger charge is -2.38. The van der Waals surface area contributed by atoms with Gasteiger partial charge >= 0.3 is 0 Å². The lowest BCUT2D eigenvalue weighted by molar-refractivity contribution is -0.00868. The molecular weight excluding hydrogens is 270 g/mol. The van der Waals surface area contributed by atoms with Crippen LogP contribution in [0.3, 0.4) is 0 Å². The molecule has 1 heterocycles. The standard InChI is InChI=1S/C16H25NO4/c1-11(2)12-3-4-15-13(9-12)16(20)14(10-21-15)17(5-7-18)6-8-19/h3-4,9,11,14,16,18-20H,5-8,10H2,1-2H3. The zero-order chi connectivity index (χ0) is 15.4. The Morgan fingerprint density at radius 3 is 2.48 bits per heavy atom. The number of aliphatic hydroxyl groups excluding tert-OH is 3. The van der Waals surface area contributed by atoms with Crippen LogP contribution in [0.5, 0.6) is 5.75 Å². The van der Waals surface area contributed by atoms with Crippen molar-refractivity contribution in [3.63, 3.8) is 0 Å². The van der Waals surface area contributed by atoms with Gasteiger partial charge in [-0.3, -0.25) is 4.90 Å². The summed E-state index contributed by atoms with van der Waals surface area (Å²) in [6.45, 7) is 5.37. The summed E-state index contributed by atoms with van der Waals surface area (Å²) >= 11 is 0. The van der Waals surface area contributed by atoms with Gasteiger partial charge in [0.2, 0.25) is 0 Å². The van der Waals surface area contributed by atoms with Gasteiger partial charge in [-0.05, 0) is 23.6 Å². The molecule has 0 spiro atoms. The van der Waals surface area contributed by atoms with E-state index in [2.05, 4.69) is 13.8 Å². The minimum absolute atomic E-state index is 0.0118. The molecule has 0 saturated heterocycles. The quantitative estimate of drug-likeness (QED) is 0.727. The van der Waals surface area contributed by atoms with Crippen LogP contribution in [0.1, 0.15) is 37.0 Å². The van der Waals surface area contributed by atoms with Gasteiger partial charge in [0.1, 0.15) is 18.5 Å². The highest BCUT2D eigenvalue weighted by Crippen LogP contribution is 2.36. The largest absolute Gasteiger partial charge is 0.491 e. The van der Waals surface area contributed by atoms with E-state index in [1.165, 1.54) is 0 Å². The number of hydrogen-bond donors (Lipinski definition) is 3. The third-order valence-corrected chi connectivity index (χ3v) is 4.04. The van der Waals surface area contributed by atoms with Crippen molar-refractivity contribution in [3.05, 3.63) is 29.3 Å². The van der Waals surface area contributed by atoms with E-state index in [-0.39, 0.29) is 19.3 Å². The lowest BCUT2D eigenvalue weighted by atomic mass is 9.93. The van der Waals surface area contributed by atoms with Gasteiger partial charge in [-0.1, -0.05) is 19.9 Å². The van der Waals surface area contributed by atoms with Gasteiger partial charge in [-0.15, -0.1) is 0 Å². The van der Waals surface area contributed by atoms with Crippen molar-refractivity contribution in [3.8, 4) is 5.75 Å². The average Bonchev–Trinajstić information content (AvgIpc) is 2.47. The van der Waals surface area contributed by atoms with Gasteiger partial charge in [0.05, 0.1) is 19.3 Å². The Balaban J connectivity index is 2.25. The molecule has 1 aliphatic rings. The maximum atomic E-state index is 10.7. The maximum absolute atomic E-state index is 10.7. The van der Waals surface area contributed by atoms with Crippen molar-refractivity contribution in [2.24, 2.45) is 0 Å². The summed E-state index contributed by atoms with van der Waals surface area (Å²) in [6, 6.07) is 5.68. The molecule has 5 heteroatoms. The molecule has 0 bridgehead atoms. The number of aliphatic hydroxyl groups is 3. The van der Waals surface area contributed by atoms with E-state index in [0.717, 1.165) is 16.9 Å². The molecule has 0 aliphatic carbocycles. The Hall–Kier alpha value is -1.14. The molecule has 2 unspecified atom stereocenters. The van der Waals surface area contributed by atoms with Crippen LogP contribution >= 0.6 is 0 Å². The van der Waals surface area contributed by atoms with Crippen LogP contribution in [0.2, 0.25) is 0 Å². The molecule has 2 rings (SSSR count). The van der Waals surface area contributed by atoms with Gasteiger partial charge in [0, 0.05) is 18.7 Å². The van der Waals surface area contributed by atoms with Gasteiger partial charge < -0.3 is 20.1 Å². The van der Waals surface area contributed by atoms with Crippen LogP contribution in [0.15, 0.2) is 18.2 Å². The summed E-state index contributed by atoms with van der Waals surface area (Å²) in [5, 5.41) is 29.0. The van der Waals surface area contributed by atoms with Gasteiger partial charge in [0.25, 0.3) is 0 Å². The molecule has 118 valence electrons. The number of hydrogen-bond acceptors (Lipinski definition) is 5. The lowest BCUT2D eigenvalue weighted by Crippen LogP contribution is -2.48. The monoisotopic (exact) mass is 295 g/mol. The van der Waals surface area contributed by atoms with E-state index < -0.39 is 6.10 Å². The highest BCUT2D eigenvalue weighted by Gasteiger charge is 2.33. The van der Waals surface area contributed by atoms with Crippen LogP contribution < -0.4 is 4.74 Å². The third-order valence-electron chi connectivity index (χ3n) is 4.04. The topological polar surface area (TPSA) is 73.2 Å². The SMILES string of the molecule is CC(C)c1ccc2c(c1)C(O)C(N(CCO)CCO)CO2. The highest BCUT2D eigenvalue weighted by atomic mass is 16.5. The Bertz CT molecular complexity index is 458. The molecular formula is C16H25NO4. The van der Waals surface area contributed by atoms with E-state index in [1.807, 2.05) is 23.1 Å². The molecule has 0 fully saturated rings. The molecule has 5 nitrogen and oxygen atoms in total. The molecule has 3 N–H and O–H groups in total. The first kappa shape index (κ1) is 16.2. The fraction of sp³-hybridized carbons (Fsp3) is 0.625. The van der Waals surface area contributed by atoms with Gasteiger partial charge in [-0.25, -0.2) is 0 Å². The summed E-state index contributed by atoms with van der Waals surface area (Å²) in [7, 11) is 0. The second-order valence-corrected chi connectivity index (χ2v) is 5.76. The van der Waals surface area contributed by atoms with Crippen molar-refractivity contribution in [1.82, 2.24) is 4.90 Å². The Morgan fingerprint density at radius 1 is 1.24 bits per heavy atom. The van der Waals surface area contributed by atoms with E-state index >= 15 is 0 Å². The fourth-order valence-corrected chi connectivity index (χ4v) is 2.77. The number of benzene rings is 1. The first-order valence-electron chi connectivity index (χ1n) is 7.49. The molecule has 1 aromatic rings. The van der Waals surface area contributed by atoms with E-state index in [1.54, 1.807) is 0 Å². The minimum Gasteiger partial charge on any atom is -0.491 e. The zero-order valence-electron chi connectivity index (χ0n) is 12.7. The van der Waals surface area contributed by atoms with Crippen molar-refractivity contribution < 1.29 is 20.1 Å². The van der Waals surface area contributed by atoms with Crippen molar-refractivity contribution in [1.29, 1.82) is 0 Å². The fourth-order valence-electron chi connectivity index (χ4n) is 2.77. The Morgan fingerprint density at radius 2 is 1.90 bits per heavy atom. The van der Waals surface area contributed by atoms with E-state index in [9.17, 15) is 5.11 Å². The molecule has 21 heavy (non-hydrogen) atoms. The second kappa shape index (κ2) is 7.22. The summed E-state index contributed by atoms with van der Waals surface area (Å²) in [5.41, 5.74) is 1.95. The van der Waals surface area contributed by atoms with Crippen LogP contribution in [0, 0.1) is 0 Å². The zero-order valence-corrected chi connectivity index (χ0v) is 12.7. The average molecular weight is 295 g/mol. The summed E-state index contributed by atoms with van der Waals surface area (Å²) in [6.07, 6.45) is -0.675. The summed E-state index contributed by atoms with van der Waals surface area (Å²) < 4.78 is 5.75. The summed E-state index contributed by atoms with van der Waals surface area (Å²) in [5.74, 6) is 1.10. The molecule has 0 aromatic heterocycles. The molecule has 1 aliphatic heterocycles. The number of ether oxygens (including phenoxy) is 1. The van der Waals surface area contributed by atoms with Crippen LogP contribution in [0.25, 0.3) is 0 Å². The predicted molar refractivity (Wildman–Crippen MR) is 80.5 cm³/mol. The normalized spacial score (nSPS) is 21.5. The van der Waals surface area contributed by atoms with E-state index in [0.29, 0.717) is 25.6 Å². The highest BCUT2D eigenvalue weighted by molar-refractivity contribution is 5.42. The molecule has 0 amide bonds. The number of fused-ring (bicyclic) bond motifs is 1. The van der Waals surface area contributed by atoms with Crippen molar-refractivity contribution in [2.75, 3.05) is 32.9 Å². The maximum Gasteiger partial charge on any atom is 0.125 e. The van der Waals surface area contributed by atoms with Gasteiger partial charge in [0.15, 0.2) is 0 Å². The second-order valence-electron chi connectivity index (χ2n) is 5.76. The summed E-state index contributed by atoms with van der Waals surface area (Å²) in [4.78, 5) is 1.87. The van der Waals surface area contributed by atoms with Crippen molar-refractivity contribution >= 4 is 0 Å². The van der Waals surface area contributed by atoms with Crippen LogP contribution in [0.4, 0.5) is 0 Å².